The molecule has 1 fully saturated rings. The summed E-state index contributed by atoms with van der Waals surface area (Å²) in [6, 6.07) is 14.6. The predicted octanol–water partition coefficient (Wildman–Crippen LogP) is 1.93. The first-order valence-electron chi connectivity index (χ1n) is 7.25. The fourth-order valence-corrected chi connectivity index (χ4v) is 2.71. The molecule has 1 unspecified atom stereocenters. The van der Waals surface area contributed by atoms with E-state index < -0.39 is 0 Å². The first-order valence-corrected chi connectivity index (χ1v) is 7.25. The molecule has 1 atom stereocenters. The molecule has 1 aliphatic heterocycles. The molecule has 1 aliphatic rings. The third-order valence-electron chi connectivity index (χ3n) is 3.83. The zero-order valence-electron chi connectivity index (χ0n) is 12.0. The lowest BCUT2D eigenvalue weighted by Gasteiger charge is -2.17. The lowest BCUT2D eigenvalue weighted by molar-refractivity contribution is 0.328. The van der Waals surface area contributed by atoms with Crippen LogP contribution in [0.2, 0.25) is 0 Å². The molecule has 0 saturated carbocycles. The van der Waals surface area contributed by atoms with E-state index in [-0.39, 0.29) is 0 Å². The smallest absolute Gasteiger partial charge is 0.149 e. The van der Waals surface area contributed by atoms with E-state index >= 15 is 0 Å². The molecule has 0 aliphatic carbocycles. The first kappa shape index (κ1) is 13.7. The molecule has 1 aromatic heterocycles. The number of aromatic nitrogens is 1. The van der Waals surface area contributed by atoms with E-state index in [0.29, 0.717) is 17.5 Å². The highest BCUT2D eigenvalue weighted by atomic mass is 15.2. The lowest BCUT2D eigenvalue weighted by atomic mass is 10.2. The molecular weight excluding hydrogens is 262 g/mol. The normalized spacial score (nSPS) is 18.8. The zero-order chi connectivity index (χ0) is 14.7. The number of rotatable bonds is 4. The molecule has 5 heteroatoms. The molecule has 21 heavy (non-hydrogen) atoms. The van der Waals surface area contributed by atoms with Crippen LogP contribution in [0.5, 0.6) is 0 Å². The summed E-state index contributed by atoms with van der Waals surface area (Å²) in [5.74, 6) is 1.19. The van der Waals surface area contributed by atoms with E-state index in [4.69, 9.17) is 11.5 Å². The Kier molecular flexibility index (Phi) is 3.92. The second-order valence-corrected chi connectivity index (χ2v) is 5.52. The second kappa shape index (κ2) is 6.01. The topological polar surface area (TPSA) is 80.2 Å². The summed E-state index contributed by atoms with van der Waals surface area (Å²) in [6.07, 6.45) is 1.11. The summed E-state index contributed by atoms with van der Waals surface area (Å²) in [6.45, 7) is 3.11. The third kappa shape index (κ3) is 3.44. The van der Waals surface area contributed by atoms with Gasteiger partial charge in [0.25, 0.3) is 0 Å². The number of hydrogen-bond acceptors (Lipinski definition) is 5. The van der Waals surface area contributed by atoms with E-state index in [0.717, 1.165) is 31.9 Å². The Morgan fingerprint density at radius 1 is 1.14 bits per heavy atom. The van der Waals surface area contributed by atoms with Crippen molar-refractivity contribution in [3.63, 3.8) is 0 Å². The van der Waals surface area contributed by atoms with Crippen LogP contribution in [0.1, 0.15) is 12.0 Å². The van der Waals surface area contributed by atoms with Crippen molar-refractivity contribution in [2.45, 2.75) is 19.0 Å². The monoisotopic (exact) mass is 283 g/mol. The Labute approximate surface area is 125 Å². The van der Waals surface area contributed by atoms with Gasteiger partial charge < -0.3 is 16.8 Å². The number of pyridine rings is 1. The van der Waals surface area contributed by atoms with Gasteiger partial charge in [-0.15, -0.1) is 0 Å². The van der Waals surface area contributed by atoms with Crippen LogP contribution in [0, 0.1) is 0 Å². The van der Waals surface area contributed by atoms with Crippen LogP contribution in [0.4, 0.5) is 17.3 Å². The highest BCUT2D eigenvalue weighted by Gasteiger charge is 2.22. The van der Waals surface area contributed by atoms with Crippen LogP contribution in [-0.4, -0.2) is 29.0 Å². The number of hydrogen-bond donors (Lipinski definition) is 3. The summed E-state index contributed by atoms with van der Waals surface area (Å²) in [5.41, 5.74) is 13.3. The van der Waals surface area contributed by atoms with Gasteiger partial charge in [0.2, 0.25) is 0 Å². The van der Waals surface area contributed by atoms with E-state index in [9.17, 15) is 0 Å². The fourth-order valence-electron chi connectivity index (χ4n) is 2.71. The Bertz CT molecular complexity index is 599. The highest BCUT2D eigenvalue weighted by Crippen LogP contribution is 2.19. The zero-order valence-corrected chi connectivity index (χ0v) is 12.0. The van der Waals surface area contributed by atoms with Crippen molar-refractivity contribution in [3.8, 4) is 0 Å². The molecule has 110 valence electrons. The van der Waals surface area contributed by atoms with Gasteiger partial charge in [0, 0.05) is 25.7 Å². The Balaban J connectivity index is 1.56. The molecule has 2 heterocycles. The van der Waals surface area contributed by atoms with Crippen molar-refractivity contribution < 1.29 is 0 Å². The lowest BCUT2D eigenvalue weighted by Crippen LogP contribution is -2.26. The number of nitrogens with one attached hydrogen (secondary N) is 1. The summed E-state index contributed by atoms with van der Waals surface area (Å²) in [7, 11) is 0. The minimum absolute atomic E-state index is 0.388. The van der Waals surface area contributed by atoms with Gasteiger partial charge in [-0.2, -0.15) is 0 Å². The molecule has 0 bridgehead atoms. The summed E-state index contributed by atoms with van der Waals surface area (Å²) < 4.78 is 0. The highest BCUT2D eigenvalue weighted by molar-refractivity contribution is 5.61. The fraction of sp³-hybridized carbons (Fsp3) is 0.312. The summed E-state index contributed by atoms with van der Waals surface area (Å²) >= 11 is 0. The van der Waals surface area contributed by atoms with E-state index in [1.807, 2.05) is 6.07 Å². The van der Waals surface area contributed by atoms with Crippen molar-refractivity contribution in [1.82, 2.24) is 9.88 Å². The molecule has 3 rings (SSSR count). The minimum Gasteiger partial charge on any atom is -0.396 e. The van der Waals surface area contributed by atoms with Gasteiger partial charge in [0.15, 0.2) is 0 Å². The van der Waals surface area contributed by atoms with Gasteiger partial charge in [-0.25, -0.2) is 4.98 Å². The van der Waals surface area contributed by atoms with Crippen LogP contribution >= 0.6 is 0 Å². The van der Waals surface area contributed by atoms with Crippen molar-refractivity contribution in [2.24, 2.45) is 0 Å². The Morgan fingerprint density at radius 2 is 1.95 bits per heavy atom. The molecule has 0 spiro atoms. The van der Waals surface area contributed by atoms with E-state index in [1.54, 1.807) is 6.07 Å². The Hall–Kier alpha value is -2.27. The third-order valence-corrected chi connectivity index (χ3v) is 3.83. The quantitative estimate of drug-likeness (QED) is 0.799. The van der Waals surface area contributed by atoms with Crippen LogP contribution in [0.3, 0.4) is 0 Å². The number of anilines is 3. The molecule has 2 aromatic rings. The maximum atomic E-state index is 5.74. The number of likely N-dealkylation sites (tertiary alicyclic amines) is 1. The van der Waals surface area contributed by atoms with E-state index in [1.165, 1.54) is 5.56 Å². The molecule has 1 saturated heterocycles. The number of nitrogen functional groups attached to an aromatic ring is 2. The van der Waals surface area contributed by atoms with Crippen LogP contribution in [0.25, 0.3) is 0 Å². The number of nitrogens with zero attached hydrogens (tertiary/aromatic N) is 2. The van der Waals surface area contributed by atoms with Gasteiger partial charge in [-0.1, -0.05) is 30.3 Å². The minimum atomic E-state index is 0.388. The SMILES string of the molecule is Nc1ccc(NC2CCN(Cc3ccccc3)C2)nc1N. The van der Waals surface area contributed by atoms with Crippen LogP contribution < -0.4 is 16.8 Å². The van der Waals surface area contributed by atoms with Gasteiger partial charge in [0.05, 0.1) is 5.69 Å². The van der Waals surface area contributed by atoms with Crippen molar-refractivity contribution >= 4 is 17.3 Å². The largest absolute Gasteiger partial charge is 0.396 e. The van der Waals surface area contributed by atoms with Gasteiger partial charge >= 0.3 is 0 Å². The average molecular weight is 283 g/mol. The van der Waals surface area contributed by atoms with Gasteiger partial charge in [0.1, 0.15) is 11.6 Å². The van der Waals surface area contributed by atoms with E-state index in [2.05, 4.69) is 45.5 Å². The van der Waals surface area contributed by atoms with Crippen molar-refractivity contribution in [3.05, 3.63) is 48.0 Å². The number of nitrogens with two attached hydrogens (primary N) is 2. The van der Waals surface area contributed by atoms with Crippen molar-refractivity contribution in [1.29, 1.82) is 0 Å². The predicted molar refractivity (Wildman–Crippen MR) is 86.8 cm³/mol. The maximum Gasteiger partial charge on any atom is 0.149 e. The summed E-state index contributed by atoms with van der Waals surface area (Å²) in [5, 5.41) is 3.44. The molecule has 0 radical (unpaired) electrons. The van der Waals surface area contributed by atoms with Gasteiger partial charge in [-0.3, -0.25) is 4.90 Å². The molecule has 5 nitrogen and oxygen atoms in total. The van der Waals surface area contributed by atoms with Crippen LogP contribution in [0.15, 0.2) is 42.5 Å². The summed E-state index contributed by atoms with van der Waals surface area (Å²) in [4.78, 5) is 6.72. The molecule has 0 amide bonds. The Morgan fingerprint density at radius 3 is 2.71 bits per heavy atom. The van der Waals surface area contributed by atoms with Gasteiger partial charge in [-0.05, 0) is 24.1 Å². The maximum absolute atomic E-state index is 5.74. The van der Waals surface area contributed by atoms with Crippen LogP contribution in [-0.2, 0) is 6.54 Å². The molecule has 1 aromatic carbocycles. The second-order valence-electron chi connectivity index (χ2n) is 5.52. The first-order chi connectivity index (χ1) is 10.2. The molecular formula is C16H21N5. The van der Waals surface area contributed by atoms with Crippen molar-refractivity contribution in [2.75, 3.05) is 29.9 Å². The number of benzene rings is 1. The standard InChI is InChI=1S/C16H21N5/c17-14-6-7-15(20-16(14)18)19-13-8-9-21(11-13)10-12-4-2-1-3-5-12/h1-7,13H,8-11,17H2,(H3,18,19,20). The molecule has 5 N–H and O–H groups in total. The average Bonchev–Trinajstić information content (AvgIpc) is 2.91.